The zero-order valence-corrected chi connectivity index (χ0v) is 13.8. The lowest BCUT2D eigenvalue weighted by molar-refractivity contribution is -0.138. The summed E-state index contributed by atoms with van der Waals surface area (Å²) in [6.45, 7) is 2.15. The van der Waals surface area contributed by atoms with E-state index in [1.807, 2.05) is 0 Å². The topological polar surface area (TPSA) is 26.3 Å². The highest BCUT2D eigenvalue weighted by molar-refractivity contribution is 7.89. The number of hydrogen-bond acceptors (Lipinski definition) is 3. The average Bonchev–Trinajstić information content (AvgIpc) is 2.48. The molecule has 0 aromatic heterocycles. The molecule has 24 heavy (non-hydrogen) atoms. The Morgan fingerprint density at radius 1 is 1.04 bits per heavy atom. The van der Waals surface area contributed by atoms with Gasteiger partial charge in [0.15, 0.2) is 0 Å². The molecule has 0 bridgehead atoms. The van der Waals surface area contributed by atoms with Crippen LogP contribution in [0.4, 0.5) is 3.89 Å². The Bertz CT molecular complexity index is 424. The van der Waals surface area contributed by atoms with Gasteiger partial charge >= 0.3 is 5.97 Å². The van der Waals surface area contributed by atoms with Crippen molar-refractivity contribution in [3.05, 3.63) is 35.4 Å². The molecule has 1 aromatic carbocycles. The van der Waals surface area contributed by atoms with Crippen LogP contribution in [0.1, 0.15) is 49.7 Å². The number of carbonyl (C=O) groups excluding carboxylic acids is 1. The van der Waals surface area contributed by atoms with Gasteiger partial charge in [-0.15, -0.1) is 3.89 Å². The minimum atomic E-state index is -0.410. The zero-order valence-electron chi connectivity index (χ0n) is 13.0. The van der Waals surface area contributed by atoms with E-state index in [0.717, 1.165) is 32.1 Å². The second-order valence-electron chi connectivity index (χ2n) is 5.11. The van der Waals surface area contributed by atoms with Crippen molar-refractivity contribution in [2.75, 3.05) is 0 Å². The van der Waals surface area contributed by atoms with E-state index in [2.05, 4.69) is 35.4 Å². The van der Waals surface area contributed by atoms with Crippen molar-refractivity contribution in [3.8, 4) is 0 Å². The summed E-state index contributed by atoms with van der Waals surface area (Å²) in [5.74, 6) is -0.0188. The van der Waals surface area contributed by atoms with E-state index in [4.69, 9.17) is 0 Å². The minimum absolute atomic E-state index is 0. The van der Waals surface area contributed by atoms with E-state index >= 15 is 0 Å². The van der Waals surface area contributed by atoms with Gasteiger partial charge in [0.05, 0.1) is 5.92 Å². The van der Waals surface area contributed by atoms with E-state index in [9.17, 15) is 8.68 Å². The predicted octanol–water partition coefficient (Wildman–Crippen LogP) is -10.4. The first-order chi connectivity index (χ1) is 9.24. The molecule has 1 aliphatic rings. The van der Waals surface area contributed by atoms with Crippen LogP contribution in [0.2, 0.25) is 0 Å². The van der Waals surface area contributed by atoms with Gasteiger partial charge < -0.3 is 27.7 Å². The Kier molecular flexibility index (Phi) is 19.3. The van der Waals surface area contributed by atoms with E-state index in [1.54, 1.807) is 0 Å². The van der Waals surface area contributed by atoms with Crippen molar-refractivity contribution >= 4 is 18.4 Å². The van der Waals surface area contributed by atoms with Gasteiger partial charge in [-0.2, -0.15) is 0 Å². The van der Waals surface area contributed by atoms with Crippen LogP contribution in [0.15, 0.2) is 24.3 Å². The summed E-state index contributed by atoms with van der Waals surface area (Å²) in [5.41, 5.74) is 2.70. The molecule has 1 aromatic rings. The summed E-state index contributed by atoms with van der Waals surface area (Å²) in [6.07, 6.45) is 4.59. The summed E-state index contributed by atoms with van der Waals surface area (Å²) >= 11 is -0.345. The van der Waals surface area contributed by atoms with Gasteiger partial charge in [-0.3, -0.25) is 4.79 Å². The smallest absolute Gasteiger partial charge is 0.323 e. The fourth-order valence-corrected chi connectivity index (χ4v) is 2.99. The third-order valence-corrected chi connectivity index (χ3v) is 4.26. The Balaban J connectivity index is -0.000000400. The van der Waals surface area contributed by atoms with Gasteiger partial charge in [0.25, 0.3) is 12.4 Å². The summed E-state index contributed by atoms with van der Waals surface area (Å²) in [6, 6.07) is 8.74. The molecular formula is C15H19F6O2S-5. The van der Waals surface area contributed by atoms with Crippen LogP contribution >= 0.6 is 12.4 Å². The largest absolute Gasteiger partial charge is 1.00 e. The zero-order chi connectivity index (χ0) is 13.7. The number of rotatable bonds is 4. The molecule has 0 heterocycles. The molecule has 0 atom stereocenters. The lowest BCUT2D eigenvalue weighted by atomic mass is 9.78. The molecule has 0 saturated heterocycles. The quantitative estimate of drug-likeness (QED) is 0.385. The van der Waals surface area contributed by atoms with Gasteiger partial charge in [0.1, 0.15) is 0 Å². The third kappa shape index (κ3) is 7.94. The molecule has 2 nitrogen and oxygen atoms in total. The Morgan fingerprint density at radius 2 is 1.54 bits per heavy atom. The maximum absolute atomic E-state index is 11.9. The summed E-state index contributed by atoms with van der Waals surface area (Å²) in [4.78, 5) is 11.4. The highest BCUT2D eigenvalue weighted by Gasteiger charge is 2.28. The normalized spacial score (nSPS) is 18.2. The number of halogens is 6. The van der Waals surface area contributed by atoms with Crippen molar-refractivity contribution < 1.29 is 36.4 Å². The average molecular weight is 377 g/mol. The second kappa shape index (κ2) is 15.2. The molecule has 2 rings (SSSR count). The van der Waals surface area contributed by atoms with E-state index < -0.39 is 5.97 Å². The Morgan fingerprint density at radius 3 is 1.96 bits per heavy atom. The van der Waals surface area contributed by atoms with E-state index in [1.165, 1.54) is 11.1 Å². The van der Waals surface area contributed by atoms with Crippen LogP contribution in [0.5, 0.6) is 0 Å². The molecular weight excluding hydrogens is 358 g/mol. The maximum atomic E-state index is 11.9. The summed E-state index contributed by atoms with van der Waals surface area (Å²) in [7, 11) is 0. The highest BCUT2D eigenvalue weighted by Crippen LogP contribution is 2.36. The second-order valence-corrected chi connectivity index (χ2v) is 5.40. The highest BCUT2D eigenvalue weighted by atomic mass is 32.2. The molecule has 0 unspecified atom stereocenters. The third-order valence-electron chi connectivity index (χ3n) is 4.03. The fraction of sp³-hybridized carbons (Fsp3) is 0.533. The van der Waals surface area contributed by atoms with Crippen molar-refractivity contribution in [1.29, 1.82) is 0 Å². The molecule has 0 N–H and O–H groups in total. The van der Waals surface area contributed by atoms with E-state index in [0.29, 0.717) is 5.92 Å². The first kappa shape index (κ1) is 30.5. The molecule has 0 radical (unpaired) electrons. The lowest BCUT2D eigenvalue weighted by Gasteiger charge is -2.27. The van der Waals surface area contributed by atoms with Crippen molar-refractivity contribution in [3.63, 3.8) is 0 Å². The molecule has 0 amide bonds. The van der Waals surface area contributed by atoms with Crippen LogP contribution < -0.4 is 23.5 Å². The number of hydrogen-bond donors (Lipinski definition) is 0. The first-order valence-corrected chi connectivity index (χ1v) is 7.46. The molecule has 0 aliphatic heterocycles. The fourth-order valence-electron chi connectivity index (χ4n) is 2.79. The Labute approximate surface area is 141 Å². The van der Waals surface area contributed by atoms with Gasteiger partial charge in [0, 0.05) is 0 Å². The van der Waals surface area contributed by atoms with Crippen LogP contribution in [0.3, 0.4) is 0 Å². The van der Waals surface area contributed by atoms with Crippen LogP contribution in [0, 0.1) is 5.92 Å². The Hall–Kier alpha value is -1.38. The summed E-state index contributed by atoms with van der Waals surface area (Å²) in [5, 5.41) is 0. The molecule has 9 heteroatoms. The van der Waals surface area contributed by atoms with Crippen LogP contribution in [-0.2, 0) is 15.4 Å². The van der Waals surface area contributed by atoms with Crippen LogP contribution in [0.25, 0.3) is 0 Å². The molecule has 1 aliphatic carbocycles. The maximum Gasteiger partial charge on any atom is 0.323 e. The molecule has 1 saturated carbocycles. The van der Waals surface area contributed by atoms with Gasteiger partial charge in [-0.25, -0.2) is 0 Å². The summed E-state index contributed by atoms with van der Waals surface area (Å²) < 4.78 is 16.2. The number of benzene rings is 1. The predicted molar refractivity (Wildman–Crippen MR) is 75.3 cm³/mol. The van der Waals surface area contributed by atoms with Gasteiger partial charge in [-0.05, 0) is 49.1 Å². The van der Waals surface area contributed by atoms with Gasteiger partial charge in [-0.1, -0.05) is 31.2 Å². The van der Waals surface area contributed by atoms with Crippen molar-refractivity contribution in [1.82, 2.24) is 0 Å². The van der Waals surface area contributed by atoms with Crippen LogP contribution in [-0.4, -0.2) is 5.97 Å². The molecule has 1 fully saturated rings. The SMILES string of the molecule is CCc1ccc(C2CCC(C(=O)OSF)CC2)cc1.[F-].[F-].[F-].[F-].[F-]. The number of carbonyl (C=O) groups is 1. The standard InChI is InChI=1S/C15H19FO2S.5FH/c1-2-11-3-5-12(6-4-11)13-7-9-14(10-8-13)15(17)18-19-16;;;;;/h3-6,13-14H,2,7-10H2,1H3;5*1H/p-5. The van der Waals surface area contributed by atoms with E-state index in [-0.39, 0.29) is 41.9 Å². The molecule has 0 spiro atoms. The van der Waals surface area contributed by atoms with Crippen molar-refractivity contribution in [2.45, 2.75) is 44.9 Å². The number of aryl methyl sites for hydroxylation is 1. The lowest BCUT2D eigenvalue weighted by Crippen LogP contribution is -3.00. The molecule has 144 valence electrons. The van der Waals surface area contributed by atoms with Crippen molar-refractivity contribution in [2.24, 2.45) is 5.92 Å². The first-order valence-electron chi connectivity index (χ1n) is 6.82. The minimum Gasteiger partial charge on any atom is -1.00 e. The van der Waals surface area contributed by atoms with Gasteiger partial charge in [0.2, 0.25) is 0 Å². The monoisotopic (exact) mass is 377 g/mol.